The molecule has 134 valence electrons. The molecule has 2 unspecified atom stereocenters. The van der Waals surface area contributed by atoms with Gasteiger partial charge < -0.3 is 20.8 Å². The van der Waals surface area contributed by atoms with Crippen LogP contribution in [0.5, 0.6) is 5.75 Å². The van der Waals surface area contributed by atoms with Crippen molar-refractivity contribution in [2.45, 2.75) is 38.3 Å². The number of carbonyl (C=O) groups is 1. The maximum atomic E-state index is 12.0. The molecule has 0 aliphatic heterocycles. The number of hydrogen-bond acceptors (Lipinski definition) is 3. The summed E-state index contributed by atoms with van der Waals surface area (Å²) in [6, 6.07) is 16.0. The van der Waals surface area contributed by atoms with Crippen molar-refractivity contribution in [2.75, 3.05) is 6.54 Å². The SMILES string of the molecule is CC(CCc1ccc(O)cc1)NC(=O)NCC(C)(O)c1ccccc1. The van der Waals surface area contributed by atoms with Gasteiger partial charge in [-0.15, -0.1) is 0 Å². The van der Waals surface area contributed by atoms with Gasteiger partial charge in [0.2, 0.25) is 0 Å². The van der Waals surface area contributed by atoms with Gasteiger partial charge in [-0.05, 0) is 49.9 Å². The largest absolute Gasteiger partial charge is 0.508 e. The molecular formula is C20H26N2O3. The lowest BCUT2D eigenvalue weighted by molar-refractivity contribution is 0.0593. The van der Waals surface area contributed by atoms with Gasteiger partial charge in [-0.2, -0.15) is 0 Å². The van der Waals surface area contributed by atoms with E-state index in [-0.39, 0.29) is 24.4 Å². The Bertz CT molecular complexity index is 669. The van der Waals surface area contributed by atoms with E-state index in [4.69, 9.17) is 0 Å². The maximum absolute atomic E-state index is 12.0. The standard InChI is InChI=1S/C20H26N2O3/c1-15(8-9-16-10-12-18(23)13-11-16)22-19(24)21-14-20(2,25)17-6-4-3-5-7-17/h3-7,10-13,15,23,25H,8-9,14H2,1-2H3,(H2,21,22,24). The summed E-state index contributed by atoms with van der Waals surface area (Å²) in [4.78, 5) is 12.0. The van der Waals surface area contributed by atoms with Crippen molar-refractivity contribution in [3.63, 3.8) is 0 Å². The van der Waals surface area contributed by atoms with Crippen molar-refractivity contribution in [3.05, 3.63) is 65.7 Å². The second-order valence-corrected chi connectivity index (χ2v) is 6.57. The molecule has 5 nitrogen and oxygen atoms in total. The predicted molar refractivity (Wildman–Crippen MR) is 98.4 cm³/mol. The normalized spacial score (nSPS) is 14.4. The van der Waals surface area contributed by atoms with E-state index in [9.17, 15) is 15.0 Å². The molecule has 0 bridgehead atoms. The zero-order chi connectivity index (χ0) is 18.3. The first-order valence-electron chi connectivity index (χ1n) is 8.47. The van der Waals surface area contributed by atoms with E-state index in [2.05, 4.69) is 10.6 Å². The highest BCUT2D eigenvalue weighted by Crippen LogP contribution is 2.18. The van der Waals surface area contributed by atoms with Crippen molar-refractivity contribution in [2.24, 2.45) is 0 Å². The lowest BCUT2D eigenvalue weighted by Crippen LogP contribution is -2.46. The number of carbonyl (C=O) groups excluding carboxylic acids is 1. The molecule has 0 aliphatic carbocycles. The van der Waals surface area contributed by atoms with Gasteiger partial charge >= 0.3 is 6.03 Å². The first-order chi connectivity index (χ1) is 11.9. The predicted octanol–water partition coefficient (Wildman–Crippen LogP) is 2.92. The molecule has 0 spiro atoms. The number of amides is 2. The van der Waals surface area contributed by atoms with E-state index in [1.54, 1.807) is 19.1 Å². The Morgan fingerprint density at radius 2 is 1.76 bits per heavy atom. The molecule has 0 saturated carbocycles. The number of phenolic OH excluding ortho intramolecular Hbond substituents is 1. The third kappa shape index (κ3) is 6.12. The van der Waals surface area contributed by atoms with Crippen molar-refractivity contribution in [1.29, 1.82) is 0 Å². The van der Waals surface area contributed by atoms with Crippen molar-refractivity contribution < 1.29 is 15.0 Å². The lowest BCUT2D eigenvalue weighted by atomic mass is 9.96. The molecular weight excluding hydrogens is 316 g/mol. The molecule has 0 radical (unpaired) electrons. The van der Waals surface area contributed by atoms with Crippen molar-refractivity contribution >= 4 is 6.03 Å². The molecule has 2 amide bonds. The maximum Gasteiger partial charge on any atom is 0.315 e. The van der Waals surface area contributed by atoms with Gasteiger partial charge in [0.05, 0.1) is 6.54 Å². The van der Waals surface area contributed by atoms with Gasteiger partial charge in [0, 0.05) is 6.04 Å². The number of rotatable bonds is 7. The number of hydrogen-bond donors (Lipinski definition) is 4. The van der Waals surface area contributed by atoms with Crippen LogP contribution in [0, 0.1) is 0 Å². The highest BCUT2D eigenvalue weighted by atomic mass is 16.3. The lowest BCUT2D eigenvalue weighted by Gasteiger charge is -2.25. The van der Waals surface area contributed by atoms with Crippen molar-refractivity contribution in [3.8, 4) is 5.75 Å². The fourth-order valence-corrected chi connectivity index (χ4v) is 2.54. The minimum absolute atomic E-state index is 0.00419. The molecule has 2 atom stereocenters. The summed E-state index contributed by atoms with van der Waals surface area (Å²) >= 11 is 0. The number of benzene rings is 2. The zero-order valence-corrected chi connectivity index (χ0v) is 14.7. The number of phenols is 1. The molecule has 2 aromatic rings. The Balaban J connectivity index is 1.74. The monoisotopic (exact) mass is 342 g/mol. The van der Waals surface area contributed by atoms with Gasteiger partial charge in [0.15, 0.2) is 0 Å². The molecule has 0 heterocycles. The van der Waals surface area contributed by atoms with Crippen LogP contribution in [0.25, 0.3) is 0 Å². The first kappa shape index (κ1) is 18.8. The summed E-state index contributed by atoms with van der Waals surface area (Å²) in [5.41, 5.74) is 0.753. The van der Waals surface area contributed by atoms with E-state index in [1.165, 1.54) is 0 Å². The van der Waals surface area contributed by atoms with Crippen LogP contribution in [-0.2, 0) is 12.0 Å². The number of nitrogens with one attached hydrogen (secondary N) is 2. The molecule has 5 heteroatoms. The molecule has 2 rings (SSSR count). The van der Waals surface area contributed by atoms with Gasteiger partial charge in [0.1, 0.15) is 11.4 Å². The second-order valence-electron chi connectivity index (χ2n) is 6.57. The van der Waals surface area contributed by atoms with Crippen molar-refractivity contribution in [1.82, 2.24) is 10.6 Å². The minimum Gasteiger partial charge on any atom is -0.508 e. The third-order valence-corrected chi connectivity index (χ3v) is 4.17. The molecule has 0 aromatic heterocycles. The Morgan fingerprint density at radius 3 is 2.40 bits per heavy atom. The highest BCUT2D eigenvalue weighted by molar-refractivity contribution is 5.74. The van der Waals surface area contributed by atoms with Crippen LogP contribution in [0.1, 0.15) is 31.4 Å². The summed E-state index contributed by atoms with van der Waals surface area (Å²) in [7, 11) is 0. The molecule has 0 aliphatic rings. The van der Waals surface area contributed by atoms with Crippen LogP contribution in [0.3, 0.4) is 0 Å². The first-order valence-corrected chi connectivity index (χ1v) is 8.47. The fraction of sp³-hybridized carbons (Fsp3) is 0.350. The highest BCUT2D eigenvalue weighted by Gasteiger charge is 2.23. The van der Waals surface area contributed by atoms with Crippen LogP contribution in [0.2, 0.25) is 0 Å². The molecule has 2 aromatic carbocycles. The minimum atomic E-state index is -1.12. The van der Waals surface area contributed by atoms with Crippen LogP contribution in [0.15, 0.2) is 54.6 Å². The summed E-state index contributed by atoms with van der Waals surface area (Å²) in [6.07, 6.45) is 1.59. The zero-order valence-electron chi connectivity index (χ0n) is 14.7. The second kappa shape index (κ2) is 8.53. The van der Waals surface area contributed by atoms with E-state index in [0.29, 0.717) is 0 Å². The van der Waals surface area contributed by atoms with E-state index in [0.717, 1.165) is 24.0 Å². The Morgan fingerprint density at radius 1 is 1.12 bits per heavy atom. The van der Waals surface area contributed by atoms with E-state index < -0.39 is 5.60 Å². The quantitative estimate of drug-likeness (QED) is 0.624. The number of aromatic hydroxyl groups is 1. The van der Waals surface area contributed by atoms with Gasteiger partial charge in [-0.1, -0.05) is 42.5 Å². The Hall–Kier alpha value is -2.53. The van der Waals surface area contributed by atoms with Gasteiger partial charge in [0.25, 0.3) is 0 Å². The van der Waals surface area contributed by atoms with Crippen LogP contribution >= 0.6 is 0 Å². The van der Waals surface area contributed by atoms with E-state index >= 15 is 0 Å². The summed E-state index contributed by atoms with van der Waals surface area (Å²) < 4.78 is 0. The van der Waals surface area contributed by atoms with Gasteiger partial charge in [-0.3, -0.25) is 0 Å². The summed E-state index contributed by atoms with van der Waals surface area (Å²) in [5.74, 6) is 0.250. The summed E-state index contributed by atoms with van der Waals surface area (Å²) in [6.45, 7) is 3.75. The number of aryl methyl sites for hydroxylation is 1. The smallest absolute Gasteiger partial charge is 0.315 e. The number of urea groups is 1. The van der Waals surface area contributed by atoms with E-state index in [1.807, 2.05) is 49.4 Å². The summed E-state index contributed by atoms with van der Waals surface area (Å²) in [5, 5.41) is 25.4. The van der Waals surface area contributed by atoms with Gasteiger partial charge in [-0.25, -0.2) is 4.79 Å². The van der Waals surface area contributed by atoms with Crippen LogP contribution in [-0.4, -0.2) is 28.8 Å². The topological polar surface area (TPSA) is 81.6 Å². The Labute approximate surface area is 148 Å². The molecule has 4 N–H and O–H groups in total. The van der Waals surface area contributed by atoms with Crippen LogP contribution < -0.4 is 10.6 Å². The fourth-order valence-electron chi connectivity index (χ4n) is 2.54. The third-order valence-electron chi connectivity index (χ3n) is 4.17. The number of aliphatic hydroxyl groups is 1. The molecule has 0 fully saturated rings. The van der Waals surface area contributed by atoms with Crippen LogP contribution in [0.4, 0.5) is 4.79 Å². The average molecular weight is 342 g/mol. The Kier molecular flexibility index (Phi) is 6.42. The average Bonchev–Trinajstić information content (AvgIpc) is 2.60. The molecule has 0 saturated heterocycles. The molecule has 25 heavy (non-hydrogen) atoms.